The molecule has 2 heterocycles. The third-order valence-corrected chi connectivity index (χ3v) is 7.55. The Bertz CT molecular complexity index is 1050. The molecule has 1 aromatic carbocycles. The molecule has 0 radical (unpaired) electrons. The first-order chi connectivity index (χ1) is 15.6. The first-order valence-electron chi connectivity index (χ1n) is 12.4. The number of hydrogen-bond acceptors (Lipinski definition) is 4. The number of anilines is 1. The highest BCUT2D eigenvalue weighted by Gasteiger charge is 2.49. The number of likely N-dealkylation sites (N-methyl/N-ethyl adjacent to an activating group) is 1. The zero-order chi connectivity index (χ0) is 25.2. The van der Waals surface area contributed by atoms with Gasteiger partial charge in [-0.25, -0.2) is 0 Å². The average molecular weight is 464 g/mol. The second-order valence-corrected chi connectivity index (χ2v) is 12.7. The maximum absolute atomic E-state index is 11.1. The molecule has 1 aliphatic carbocycles. The predicted octanol–water partition coefficient (Wildman–Crippen LogP) is 6.08. The van der Waals surface area contributed by atoms with Gasteiger partial charge in [0.15, 0.2) is 0 Å². The van der Waals surface area contributed by atoms with Crippen LogP contribution in [0.25, 0.3) is 0 Å². The molecular weight excluding hydrogens is 422 g/mol. The van der Waals surface area contributed by atoms with E-state index in [1.807, 2.05) is 18.2 Å². The molecular formula is C30H41NO3. The Hall–Kier alpha value is -2.30. The number of ether oxygens (including phenoxy) is 1. The predicted molar refractivity (Wildman–Crippen MR) is 139 cm³/mol. The minimum Gasteiger partial charge on any atom is -0.465 e. The zero-order valence-corrected chi connectivity index (χ0v) is 22.2. The van der Waals surface area contributed by atoms with Crippen LogP contribution < -0.4 is 4.90 Å². The minimum absolute atomic E-state index is 0.138. The van der Waals surface area contributed by atoms with Crippen LogP contribution in [-0.2, 0) is 10.2 Å². The van der Waals surface area contributed by atoms with Gasteiger partial charge >= 0.3 is 0 Å². The van der Waals surface area contributed by atoms with Gasteiger partial charge in [-0.2, -0.15) is 0 Å². The van der Waals surface area contributed by atoms with Crippen molar-refractivity contribution in [3.05, 3.63) is 76.9 Å². The maximum Gasteiger partial charge on any atom is 0.109 e. The van der Waals surface area contributed by atoms with Gasteiger partial charge in [0, 0.05) is 46.5 Å². The third-order valence-electron chi connectivity index (χ3n) is 7.55. The van der Waals surface area contributed by atoms with Crippen molar-refractivity contribution in [1.82, 2.24) is 0 Å². The number of aliphatic hydroxyl groups is 2. The molecule has 0 bridgehead atoms. The van der Waals surface area contributed by atoms with Crippen LogP contribution in [0.1, 0.15) is 61.0 Å². The summed E-state index contributed by atoms with van der Waals surface area (Å²) < 4.78 is 6.25. The lowest BCUT2D eigenvalue weighted by Crippen LogP contribution is -2.54. The van der Waals surface area contributed by atoms with Gasteiger partial charge in [-0.05, 0) is 29.4 Å². The topological polar surface area (TPSA) is 52.9 Å². The first-order valence-corrected chi connectivity index (χ1v) is 12.4. The summed E-state index contributed by atoms with van der Waals surface area (Å²) in [6.45, 7) is 17.2. The molecule has 2 atom stereocenters. The molecule has 0 saturated heterocycles. The van der Waals surface area contributed by atoms with Crippen molar-refractivity contribution in [2.24, 2.45) is 22.7 Å². The molecule has 2 aliphatic heterocycles. The smallest absolute Gasteiger partial charge is 0.109 e. The Kier molecular flexibility index (Phi) is 5.94. The molecule has 3 aliphatic rings. The maximum atomic E-state index is 11.1. The lowest BCUT2D eigenvalue weighted by Gasteiger charge is -2.45. The number of nitrogens with zero attached hydrogens (tertiary/aromatic N) is 1. The highest BCUT2D eigenvalue weighted by Crippen LogP contribution is 2.49. The molecule has 2 unspecified atom stereocenters. The van der Waals surface area contributed by atoms with Crippen molar-refractivity contribution in [2.75, 3.05) is 11.9 Å². The molecule has 1 fully saturated rings. The van der Waals surface area contributed by atoms with Gasteiger partial charge in [0.25, 0.3) is 0 Å². The molecule has 0 aromatic heterocycles. The van der Waals surface area contributed by atoms with Crippen LogP contribution in [0.4, 0.5) is 5.69 Å². The fourth-order valence-corrected chi connectivity index (χ4v) is 5.23. The van der Waals surface area contributed by atoms with Gasteiger partial charge in [-0.1, -0.05) is 85.7 Å². The molecule has 2 N–H and O–H groups in total. The number of aliphatic hydroxyl groups excluding tert-OH is 2. The summed E-state index contributed by atoms with van der Waals surface area (Å²) >= 11 is 0. The summed E-state index contributed by atoms with van der Waals surface area (Å²) in [6, 6.07) is 8.41. The van der Waals surface area contributed by atoms with E-state index in [0.717, 1.165) is 22.8 Å². The van der Waals surface area contributed by atoms with Crippen molar-refractivity contribution in [3.8, 4) is 0 Å². The van der Waals surface area contributed by atoms with Crippen LogP contribution in [0.15, 0.2) is 71.4 Å². The number of allylic oxidation sites excluding steroid dienone is 6. The van der Waals surface area contributed by atoms with Crippen LogP contribution in [0.5, 0.6) is 0 Å². The normalized spacial score (nSPS) is 29.8. The summed E-state index contributed by atoms with van der Waals surface area (Å²) in [6.07, 6.45) is 6.92. The van der Waals surface area contributed by atoms with Gasteiger partial charge in [0.1, 0.15) is 11.5 Å². The number of fused-ring (bicyclic) bond motifs is 1. The largest absolute Gasteiger partial charge is 0.465 e. The van der Waals surface area contributed by atoms with E-state index in [1.165, 1.54) is 11.3 Å². The van der Waals surface area contributed by atoms with E-state index >= 15 is 0 Å². The number of rotatable bonds is 2. The highest BCUT2D eigenvalue weighted by atomic mass is 16.5. The van der Waals surface area contributed by atoms with Crippen molar-refractivity contribution in [1.29, 1.82) is 0 Å². The van der Waals surface area contributed by atoms with Gasteiger partial charge in [0.2, 0.25) is 0 Å². The van der Waals surface area contributed by atoms with E-state index < -0.39 is 12.2 Å². The Morgan fingerprint density at radius 3 is 1.85 bits per heavy atom. The van der Waals surface area contributed by atoms with E-state index in [0.29, 0.717) is 0 Å². The van der Waals surface area contributed by atoms with Crippen LogP contribution in [0, 0.1) is 22.7 Å². The standard InChI is InChI=1S/C30H41NO3/c1-28(2,3)24-15-18(16-25(34-24)29(4,5)6)14-19-26(32)20(27(19)33)17-23-30(7,8)21-12-10-11-13-22(21)31(23)9/h10-17,19-20,26-27,32-33H,1-9H3. The van der Waals surface area contributed by atoms with E-state index in [2.05, 4.69) is 97.7 Å². The van der Waals surface area contributed by atoms with Crippen molar-refractivity contribution in [2.45, 2.75) is 73.0 Å². The molecule has 0 spiro atoms. The minimum atomic E-state index is -0.635. The summed E-state index contributed by atoms with van der Waals surface area (Å²) in [5, 5.41) is 22.2. The van der Waals surface area contributed by atoms with Gasteiger partial charge in [-0.15, -0.1) is 0 Å². The molecule has 0 amide bonds. The lowest BCUT2D eigenvalue weighted by molar-refractivity contribution is -0.110. The molecule has 1 saturated carbocycles. The fourth-order valence-electron chi connectivity index (χ4n) is 5.23. The monoisotopic (exact) mass is 463 g/mol. The van der Waals surface area contributed by atoms with Gasteiger partial charge in [-0.3, -0.25) is 0 Å². The molecule has 34 heavy (non-hydrogen) atoms. The van der Waals surface area contributed by atoms with Crippen LogP contribution in [0.3, 0.4) is 0 Å². The third kappa shape index (κ3) is 4.16. The van der Waals surface area contributed by atoms with Crippen molar-refractivity contribution >= 4 is 5.69 Å². The van der Waals surface area contributed by atoms with E-state index in [-0.39, 0.29) is 28.1 Å². The number of hydrogen-bond donors (Lipinski definition) is 2. The van der Waals surface area contributed by atoms with Gasteiger partial charge < -0.3 is 19.8 Å². The molecule has 1 aromatic rings. The highest BCUT2D eigenvalue weighted by molar-refractivity contribution is 5.69. The second kappa shape index (κ2) is 8.13. The van der Waals surface area contributed by atoms with Crippen LogP contribution in [-0.4, -0.2) is 29.5 Å². The molecule has 4 heteroatoms. The van der Waals surface area contributed by atoms with Crippen LogP contribution in [0.2, 0.25) is 0 Å². The Morgan fingerprint density at radius 1 is 0.853 bits per heavy atom. The molecule has 4 rings (SSSR count). The van der Waals surface area contributed by atoms with E-state index in [4.69, 9.17) is 4.74 Å². The van der Waals surface area contributed by atoms with E-state index in [9.17, 15) is 10.2 Å². The second-order valence-electron chi connectivity index (χ2n) is 12.7. The Balaban J connectivity index is 1.62. The SMILES string of the molecule is CN1C(=CC2C(O)C(C=C3C=C(C(C)(C)C)OC(C(C)(C)C)=C3)C2O)C(C)(C)c2ccccc21. The molecule has 4 nitrogen and oxygen atoms in total. The quantitative estimate of drug-likeness (QED) is 0.558. The Labute approximate surface area is 205 Å². The van der Waals surface area contributed by atoms with Crippen molar-refractivity contribution in [3.63, 3.8) is 0 Å². The number of para-hydroxylation sites is 1. The molecule has 184 valence electrons. The first kappa shape index (κ1) is 24.8. The average Bonchev–Trinajstić information content (AvgIpc) is 2.94. The zero-order valence-electron chi connectivity index (χ0n) is 22.2. The van der Waals surface area contributed by atoms with Gasteiger partial charge in [0.05, 0.1) is 12.2 Å². The van der Waals surface area contributed by atoms with Crippen LogP contribution >= 0.6 is 0 Å². The summed E-state index contributed by atoms with van der Waals surface area (Å²) in [7, 11) is 2.07. The Morgan fingerprint density at radius 2 is 1.35 bits per heavy atom. The summed E-state index contributed by atoms with van der Waals surface area (Å²) in [5.41, 5.74) is 4.11. The fraction of sp³-hybridized carbons (Fsp3) is 0.533. The summed E-state index contributed by atoms with van der Waals surface area (Å²) in [5.74, 6) is 1.19. The number of benzene rings is 1. The lowest BCUT2D eigenvalue weighted by atomic mass is 9.66. The van der Waals surface area contributed by atoms with E-state index in [1.54, 1.807) is 0 Å². The van der Waals surface area contributed by atoms with Crippen molar-refractivity contribution < 1.29 is 14.9 Å². The summed E-state index contributed by atoms with van der Waals surface area (Å²) in [4.78, 5) is 2.19.